The highest BCUT2D eigenvalue weighted by Gasteiger charge is 2.32. The molecule has 0 bridgehead atoms. The lowest BCUT2D eigenvalue weighted by Gasteiger charge is -2.27. The number of para-hydroxylation sites is 1. The number of rotatable bonds is 5. The molecule has 7 nitrogen and oxygen atoms in total. The van der Waals surface area contributed by atoms with Crippen LogP contribution in [-0.2, 0) is 14.8 Å². The van der Waals surface area contributed by atoms with Gasteiger partial charge in [-0.1, -0.05) is 18.2 Å². The van der Waals surface area contributed by atoms with Crippen molar-refractivity contribution in [3.63, 3.8) is 0 Å². The summed E-state index contributed by atoms with van der Waals surface area (Å²) in [5.74, 6) is 0.240. The first-order chi connectivity index (χ1) is 12.4. The molecule has 0 saturated carbocycles. The summed E-state index contributed by atoms with van der Waals surface area (Å²) in [4.78, 5) is 12.7. The number of hydrogen-bond donors (Lipinski definition) is 2. The van der Waals surface area contributed by atoms with E-state index in [1.807, 2.05) is 0 Å². The Hall–Kier alpha value is -2.68. The first-order valence-corrected chi connectivity index (χ1v) is 9.46. The second-order valence-electron chi connectivity index (χ2n) is 5.55. The zero-order valence-corrected chi connectivity index (χ0v) is 14.8. The van der Waals surface area contributed by atoms with E-state index in [9.17, 15) is 13.2 Å². The molecule has 0 aliphatic carbocycles. The number of primary sulfonamides is 1. The molecule has 2 aromatic carbocycles. The average molecular weight is 374 g/mol. The van der Waals surface area contributed by atoms with Gasteiger partial charge in [-0.05, 0) is 37.3 Å². The highest BCUT2D eigenvalue weighted by Crippen LogP contribution is 2.31. The standard InChI is InChI=1S/C18H18N2O5S/c1-2-24-18-15(17(21)14-8-3-4-9-16(14)25-18)11-20-12-6-5-7-13(10-12)26(19,22)23/h3-11,18,20H,2H2,1H3,(H2,19,22,23)/b15-11-. The lowest BCUT2D eigenvalue weighted by Crippen LogP contribution is -2.33. The number of nitrogens with one attached hydrogen (secondary N) is 1. The molecule has 2 aromatic rings. The number of carbonyl (C=O) groups is 1. The lowest BCUT2D eigenvalue weighted by molar-refractivity contribution is -0.0509. The van der Waals surface area contributed by atoms with E-state index in [0.29, 0.717) is 23.6 Å². The van der Waals surface area contributed by atoms with E-state index in [4.69, 9.17) is 14.6 Å². The molecule has 136 valence electrons. The Labute approximate surface area is 151 Å². The molecule has 1 aliphatic rings. The van der Waals surface area contributed by atoms with Gasteiger partial charge in [0.05, 0.1) is 16.0 Å². The van der Waals surface area contributed by atoms with Gasteiger partial charge in [-0.15, -0.1) is 0 Å². The Kier molecular flexibility index (Phi) is 5.08. The fourth-order valence-electron chi connectivity index (χ4n) is 2.53. The van der Waals surface area contributed by atoms with E-state index in [1.54, 1.807) is 43.3 Å². The van der Waals surface area contributed by atoms with Gasteiger partial charge in [0.25, 0.3) is 0 Å². The number of Topliss-reactive ketones (excluding diaryl/α,β-unsaturated/α-hetero) is 1. The van der Waals surface area contributed by atoms with Crippen LogP contribution in [0.1, 0.15) is 17.3 Å². The summed E-state index contributed by atoms with van der Waals surface area (Å²) >= 11 is 0. The van der Waals surface area contributed by atoms with Gasteiger partial charge in [0.2, 0.25) is 16.3 Å². The fourth-order valence-corrected chi connectivity index (χ4v) is 3.09. The Morgan fingerprint density at radius 1 is 1.23 bits per heavy atom. The number of ketones is 1. The molecule has 0 fully saturated rings. The van der Waals surface area contributed by atoms with Crippen LogP contribution in [0.15, 0.2) is 65.2 Å². The molecular weight excluding hydrogens is 356 g/mol. The van der Waals surface area contributed by atoms with Crippen molar-refractivity contribution in [2.45, 2.75) is 18.1 Å². The third-order valence-electron chi connectivity index (χ3n) is 3.76. The van der Waals surface area contributed by atoms with Crippen LogP contribution in [0.4, 0.5) is 5.69 Å². The molecule has 1 atom stereocenters. The van der Waals surface area contributed by atoms with Crippen molar-refractivity contribution in [1.82, 2.24) is 0 Å². The first-order valence-electron chi connectivity index (χ1n) is 7.91. The maximum atomic E-state index is 12.8. The summed E-state index contributed by atoms with van der Waals surface area (Å²) in [5.41, 5.74) is 1.19. The van der Waals surface area contributed by atoms with Crippen molar-refractivity contribution in [3.05, 3.63) is 65.9 Å². The van der Waals surface area contributed by atoms with E-state index in [2.05, 4.69) is 5.32 Å². The SMILES string of the molecule is CCOC1Oc2ccccc2C(=O)/C1=C/Nc1cccc(S(N)(=O)=O)c1. The van der Waals surface area contributed by atoms with Crippen LogP contribution in [0.3, 0.4) is 0 Å². The van der Waals surface area contributed by atoms with Gasteiger partial charge in [-0.25, -0.2) is 13.6 Å². The Balaban J connectivity index is 1.92. The molecule has 0 aromatic heterocycles. The smallest absolute Gasteiger partial charge is 0.238 e. The maximum absolute atomic E-state index is 12.8. The van der Waals surface area contributed by atoms with Gasteiger partial charge in [-0.3, -0.25) is 4.79 Å². The van der Waals surface area contributed by atoms with E-state index >= 15 is 0 Å². The van der Waals surface area contributed by atoms with Gasteiger partial charge >= 0.3 is 0 Å². The van der Waals surface area contributed by atoms with E-state index < -0.39 is 16.3 Å². The predicted molar refractivity (Wildman–Crippen MR) is 96.3 cm³/mol. The van der Waals surface area contributed by atoms with Crippen LogP contribution in [0.5, 0.6) is 5.75 Å². The number of fused-ring (bicyclic) bond motifs is 1. The molecule has 1 unspecified atom stereocenters. The normalized spacial score (nSPS) is 18.3. The highest BCUT2D eigenvalue weighted by molar-refractivity contribution is 7.89. The number of hydrogen-bond acceptors (Lipinski definition) is 6. The van der Waals surface area contributed by atoms with Crippen LogP contribution in [0.2, 0.25) is 0 Å². The van der Waals surface area contributed by atoms with Crippen LogP contribution in [0.25, 0.3) is 0 Å². The monoisotopic (exact) mass is 374 g/mol. The van der Waals surface area contributed by atoms with Crippen molar-refractivity contribution < 1.29 is 22.7 Å². The predicted octanol–water partition coefficient (Wildman–Crippen LogP) is 2.27. The Morgan fingerprint density at radius 3 is 2.73 bits per heavy atom. The zero-order chi connectivity index (χ0) is 18.7. The molecule has 1 heterocycles. The fraction of sp³-hybridized carbons (Fsp3) is 0.167. The second kappa shape index (κ2) is 7.28. The molecule has 26 heavy (non-hydrogen) atoms. The largest absolute Gasteiger partial charge is 0.460 e. The average Bonchev–Trinajstić information content (AvgIpc) is 2.61. The summed E-state index contributed by atoms with van der Waals surface area (Å²) in [6.07, 6.45) is 0.609. The molecule has 3 N–H and O–H groups in total. The highest BCUT2D eigenvalue weighted by atomic mass is 32.2. The third kappa shape index (κ3) is 3.77. The molecular formula is C18H18N2O5S. The Morgan fingerprint density at radius 2 is 2.00 bits per heavy atom. The number of nitrogens with two attached hydrogens (primary N) is 1. The topological polar surface area (TPSA) is 108 Å². The summed E-state index contributed by atoms with van der Waals surface area (Å²) in [5, 5.41) is 8.05. The molecule has 0 saturated heterocycles. The summed E-state index contributed by atoms with van der Waals surface area (Å²) in [7, 11) is -3.82. The number of sulfonamides is 1. The van der Waals surface area contributed by atoms with Crippen LogP contribution in [0, 0.1) is 0 Å². The maximum Gasteiger partial charge on any atom is 0.238 e. The van der Waals surface area contributed by atoms with Gasteiger partial charge in [0.1, 0.15) is 5.75 Å². The molecule has 3 rings (SSSR count). The summed E-state index contributed by atoms with van der Waals surface area (Å²) in [6.45, 7) is 2.16. The minimum atomic E-state index is -3.82. The first kappa shape index (κ1) is 18.1. The minimum Gasteiger partial charge on any atom is -0.460 e. The van der Waals surface area contributed by atoms with Crippen molar-refractivity contribution >= 4 is 21.5 Å². The number of carbonyl (C=O) groups excluding carboxylic acids is 1. The molecule has 8 heteroatoms. The van der Waals surface area contributed by atoms with Gasteiger partial charge < -0.3 is 14.8 Å². The summed E-state index contributed by atoms with van der Waals surface area (Å²) < 4.78 is 34.2. The van der Waals surface area contributed by atoms with Gasteiger partial charge in [0.15, 0.2) is 5.78 Å². The van der Waals surface area contributed by atoms with Crippen molar-refractivity contribution in [2.24, 2.45) is 5.14 Å². The second-order valence-corrected chi connectivity index (χ2v) is 7.11. The minimum absolute atomic E-state index is 0.0289. The molecule has 1 aliphatic heterocycles. The number of anilines is 1. The summed E-state index contributed by atoms with van der Waals surface area (Å²) in [6, 6.07) is 12.9. The molecule has 0 amide bonds. The van der Waals surface area contributed by atoms with E-state index in [1.165, 1.54) is 18.3 Å². The third-order valence-corrected chi connectivity index (χ3v) is 4.67. The van der Waals surface area contributed by atoms with E-state index in [0.717, 1.165) is 0 Å². The zero-order valence-electron chi connectivity index (χ0n) is 14.0. The van der Waals surface area contributed by atoms with Crippen LogP contribution in [-0.4, -0.2) is 27.1 Å². The number of ether oxygens (including phenoxy) is 2. The van der Waals surface area contributed by atoms with Crippen molar-refractivity contribution in [1.29, 1.82) is 0 Å². The quantitative estimate of drug-likeness (QED) is 0.778. The number of benzene rings is 2. The van der Waals surface area contributed by atoms with E-state index in [-0.39, 0.29) is 16.3 Å². The lowest BCUT2D eigenvalue weighted by atomic mass is 10.00. The van der Waals surface area contributed by atoms with Gasteiger partial charge in [0, 0.05) is 18.5 Å². The molecule has 0 radical (unpaired) electrons. The van der Waals surface area contributed by atoms with Crippen molar-refractivity contribution in [3.8, 4) is 5.75 Å². The van der Waals surface area contributed by atoms with Crippen LogP contribution >= 0.6 is 0 Å². The molecule has 0 spiro atoms. The van der Waals surface area contributed by atoms with Crippen molar-refractivity contribution in [2.75, 3.05) is 11.9 Å². The Bertz CT molecular complexity index is 969. The van der Waals surface area contributed by atoms with Crippen LogP contribution < -0.4 is 15.2 Å². The van der Waals surface area contributed by atoms with Gasteiger partial charge in [-0.2, -0.15) is 0 Å².